The van der Waals surface area contributed by atoms with Crippen LogP contribution in [0.15, 0.2) is 53.6 Å². The fourth-order valence-corrected chi connectivity index (χ4v) is 2.25. The molecule has 0 fully saturated rings. The van der Waals surface area contributed by atoms with Crippen LogP contribution in [-0.4, -0.2) is 31.7 Å². The molecular formula is C20H23N3O4. The maximum atomic E-state index is 11.9. The second-order valence-electron chi connectivity index (χ2n) is 5.54. The van der Waals surface area contributed by atoms with Gasteiger partial charge in [-0.3, -0.25) is 9.59 Å². The number of methoxy groups -OCH3 is 1. The Bertz CT molecular complexity index is 788. The van der Waals surface area contributed by atoms with Crippen molar-refractivity contribution in [1.29, 1.82) is 0 Å². The van der Waals surface area contributed by atoms with Crippen molar-refractivity contribution in [2.45, 2.75) is 19.8 Å². The summed E-state index contributed by atoms with van der Waals surface area (Å²) in [6.07, 6.45) is 1.59. The molecular weight excluding hydrogens is 346 g/mol. The molecule has 0 heterocycles. The molecule has 0 aromatic heterocycles. The highest BCUT2D eigenvalue weighted by Crippen LogP contribution is 2.16. The van der Waals surface area contributed by atoms with Crippen LogP contribution < -0.4 is 20.2 Å². The number of hydrogen-bond donors (Lipinski definition) is 2. The number of nitrogens with zero attached hydrogens (tertiary/aromatic N) is 1. The standard InChI is InChI=1S/C20H23N3O4/c1-3-27-17-10-8-16(9-11-17)22-19(24)12-13-20(25)23-21-14-15-6-4-5-7-18(15)26-2/h4-11,14H,3,12-13H2,1-2H3,(H,22,24)(H,23,25)/b21-14+. The van der Waals surface area contributed by atoms with Gasteiger partial charge < -0.3 is 14.8 Å². The Labute approximate surface area is 158 Å². The van der Waals surface area contributed by atoms with Gasteiger partial charge in [0.05, 0.1) is 19.9 Å². The number of hydrazone groups is 1. The molecule has 0 saturated carbocycles. The molecule has 0 aliphatic carbocycles. The van der Waals surface area contributed by atoms with Gasteiger partial charge in [0, 0.05) is 24.1 Å². The van der Waals surface area contributed by atoms with Gasteiger partial charge in [0.15, 0.2) is 0 Å². The topological polar surface area (TPSA) is 89.0 Å². The SMILES string of the molecule is CCOc1ccc(NC(=O)CCC(=O)N/N=C/c2ccccc2OC)cc1. The highest BCUT2D eigenvalue weighted by atomic mass is 16.5. The normalized spacial score (nSPS) is 10.4. The number of carbonyl (C=O) groups is 2. The fraction of sp³-hybridized carbons (Fsp3) is 0.250. The molecule has 2 N–H and O–H groups in total. The van der Waals surface area contributed by atoms with E-state index in [9.17, 15) is 9.59 Å². The van der Waals surface area contributed by atoms with Crippen LogP contribution in [0.2, 0.25) is 0 Å². The van der Waals surface area contributed by atoms with Gasteiger partial charge in [0.1, 0.15) is 11.5 Å². The van der Waals surface area contributed by atoms with Crippen LogP contribution in [0.3, 0.4) is 0 Å². The summed E-state index contributed by atoms with van der Waals surface area (Å²) >= 11 is 0. The predicted octanol–water partition coefficient (Wildman–Crippen LogP) is 2.96. The first-order valence-corrected chi connectivity index (χ1v) is 8.60. The molecule has 2 aromatic rings. The van der Waals surface area contributed by atoms with Crippen molar-refractivity contribution in [1.82, 2.24) is 5.43 Å². The minimum absolute atomic E-state index is 0.0339. The Morgan fingerprint density at radius 2 is 1.74 bits per heavy atom. The molecule has 0 bridgehead atoms. The Balaban J connectivity index is 1.74. The van der Waals surface area contributed by atoms with Gasteiger partial charge in [-0.2, -0.15) is 5.10 Å². The first-order chi connectivity index (χ1) is 13.1. The number of nitrogens with one attached hydrogen (secondary N) is 2. The van der Waals surface area contributed by atoms with Crippen molar-refractivity contribution in [3.05, 3.63) is 54.1 Å². The molecule has 7 heteroatoms. The van der Waals surface area contributed by atoms with E-state index in [1.54, 1.807) is 37.4 Å². The monoisotopic (exact) mass is 369 g/mol. The summed E-state index contributed by atoms with van der Waals surface area (Å²) in [7, 11) is 1.56. The Hall–Kier alpha value is -3.35. The van der Waals surface area contributed by atoms with E-state index >= 15 is 0 Å². The third kappa shape index (κ3) is 6.81. The van der Waals surface area contributed by atoms with Crippen molar-refractivity contribution in [2.24, 2.45) is 5.10 Å². The van der Waals surface area contributed by atoms with E-state index in [0.29, 0.717) is 18.0 Å². The van der Waals surface area contributed by atoms with Crippen molar-refractivity contribution in [3.8, 4) is 11.5 Å². The second kappa shape index (κ2) is 10.6. The third-order valence-corrected chi connectivity index (χ3v) is 3.56. The average Bonchev–Trinajstić information content (AvgIpc) is 2.68. The predicted molar refractivity (Wildman–Crippen MR) is 104 cm³/mol. The number of hydrogen-bond acceptors (Lipinski definition) is 5. The van der Waals surface area contributed by atoms with Crippen LogP contribution in [0, 0.1) is 0 Å². The maximum absolute atomic E-state index is 11.9. The van der Waals surface area contributed by atoms with Crippen molar-refractivity contribution >= 4 is 23.7 Å². The number of anilines is 1. The Morgan fingerprint density at radius 3 is 2.44 bits per heavy atom. The molecule has 2 amide bonds. The van der Waals surface area contributed by atoms with E-state index in [1.807, 2.05) is 25.1 Å². The molecule has 0 radical (unpaired) electrons. The van der Waals surface area contributed by atoms with Gasteiger partial charge in [-0.05, 0) is 43.3 Å². The quantitative estimate of drug-likeness (QED) is 0.525. The van der Waals surface area contributed by atoms with Gasteiger partial charge >= 0.3 is 0 Å². The number of benzene rings is 2. The van der Waals surface area contributed by atoms with Gasteiger partial charge in [-0.15, -0.1) is 0 Å². The largest absolute Gasteiger partial charge is 0.496 e. The number of carbonyl (C=O) groups excluding carboxylic acids is 2. The van der Waals surface area contributed by atoms with Crippen LogP contribution in [0.5, 0.6) is 11.5 Å². The van der Waals surface area contributed by atoms with Gasteiger partial charge in [-0.1, -0.05) is 12.1 Å². The lowest BCUT2D eigenvalue weighted by molar-refractivity contribution is -0.124. The summed E-state index contributed by atoms with van der Waals surface area (Å²) in [5.41, 5.74) is 3.80. The number of ether oxygens (including phenoxy) is 2. The third-order valence-electron chi connectivity index (χ3n) is 3.56. The minimum Gasteiger partial charge on any atom is -0.496 e. The summed E-state index contributed by atoms with van der Waals surface area (Å²) in [4.78, 5) is 23.7. The summed E-state index contributed by atoms with van der Waals surface area (Å²) in [6.45, 7) is 2.49. The van der Waals surface area contributed by atoms with Crippen LogP contribution in [-0.2, 0) is 9.59 Å². The van der Waals surface area contributed by atoms with Gasteiger partial charge in [0.25, 0.3) is 0 Å². The van der Waals surface area contributed by atoms with Gasteiger partial charge in [-0.25, -0.2) is 5.43 Å². The molecule has 27 heavy (non-hydrogen) atoms. The summed E-state index contributed by atoms with van der Waals surface area (Å²) < 4.78 is 10.5. The lowest BCUT2D eigenvalue weighted by atomic mass is 10.2. The first-order valence-electron chi connectivity index (χ1n) is 8.60. The van der Waals surface area contributed by atoms with Gasteiger partial charge in [0.2, 0.25) is 11.8 Å². The van der Waals surface area contributed by atoms with E-state index in [1.165, 1.54) is 6.21 Å². The highest BCUT2D eigenvalue weighted by Gasteiger charge is 2.07. The summed E-state index contributed by atoms with van der Waals surface area (Å²) in [5, 5.41) is 6.62. The molecule has 7 nitrogen and oxygen atoms in total. The fourth-order valence-electron chi connectivity index (χ4n) is 2.25. The van der Waals surface area contributed by atoms with Crippen molar-refractivity contribution in [3.63, 3.8) is 0 Å². The molecule has 0 unspecified atom stereocenters. The van der Waals surface area contributed by atoms with E-state index in [2.05, 4.69) is 15.8 Å². The number of rotatable bonds is 9. The van der Waals surface area contributed by atoms with E-state index in [4.69, 9.17) is 9.47 Å². The number of para-hydroxylation sites is 1. The zero-order valence-corrected chi connectivity index (χ0v) is 15.4. The molecule has 0 aliphatic heterocycles. The zero-order valence-electron chi connectivity index (χ0n) is 15.4. The van der Waals surface area contributed by atoms with Crippen LogP contribution in [0.4, 0.5) is 5.69 Å². The molecule has 0 saturated heterocycles. The molecule has 0 spiro atoms. The zero-order chi connectivity index (χ0) is 19.5. The molecule has 0 aliphatic rings. The molecule has 2 rings (SSSR count). The maximum Gasteiger partial charge on any atom is 0.240 e. The summed E-state index contributed by atoms with van der Waals surface area (Å²) in [6, 6.07) is 14.4. The van der Waals surface area contributed by atoms with Crippen LogP contribution >= 0.6 is 0 Å². The van der Waals surface area contributed by atoms with E-state index < -0.39 is 0 Å². The van der Waals surface area contributed by atoms with E-state index in [-0.39, 0.29) is 24.7 Å². The smallest absolute Gasteiger partial charge is 0.240 e. The second-order valence-corrected chi connectivity index (χ2v) is 5.54. The van der Waals surface area contributed by atoms with Crippen molar-refractivity contribution < 1.29 is 19.1 Å². The Kier molecular flexibility index (Phi) is 7.84. The van der Waals surface area contributed by atoms with Crippen LogP contribution in [0.1, 0.15) is 25.3 Å². The van der Waals surface area contributed by atoms with Crippen LogP contribution in [0.25, 0.3) is 0 Å². The van der Waals surface area contributed by atoms with E-state index in [0.717, 1.165) is 11.3 Å². The highest BCUT2D eigenvalue weighted by molar-refractivity contribution is 5.93. The first kappa shape index (κ1) is 20.0. The Morgan fingerprint density at radius 1 is 1.04 bits per heavy atom. The summed E-state index contributed by atoms with van der Waals surface area (Å²) in [5.74, 6) is 0.805. The average molecular weight is 369 g/mol. The molecule has 0 atom stereocenters. The molecule has 142 valence electrons. The van der Waals surface area contributed by atoms with Crippen molar-refractivity contribution in [2.75, 3.05) is 19.0 Å². The lowest BCUT2D eigenvalue weighted by Crippen LogP contribution is -2.20. The lowest BCUT2D eigenvalue weighted by Gasteiger charge is -2.07. The minimum atomic E-state index is -0.344. The molecule has 2 aromatic carbocycles. The number of amides is 2.